The molecular weight excluding hydrogens is 1100 g/mol. The molecule has 0 unspecified atom stereocenters. The highest BCUT2D eigenvalue weighted by atomic mass is 28.4. The topological polar surface area (TPSA) is 182 Å². The molecule has 2 aromatic carbocycles. The first kappa shape index (κ1) is 67.8. The van der Waals surface area contributed by atoms with E-state index in [1.807, 2.05) is 89.3 Å². The van der Waals surface area contributed by atoms with Crippen molar-refractivity contribution in [1.82, 2.24) is 5.32 Å². The van der Waals surface area contributed by atoms with Gasteiger partial charge in [0.1, 0.15) is 30.0 Å². The van der Waals surface area contributed by atoms with Crippen molar-refractivity contribution in [1.29, 1.82) is 0 Å². The summed E-state index contributed by atoms with van der Waals surface area (Å²) in [5.41, 5.74) is -4.65. The molecule has 2 aromatic rings. The number of benzene rings is 2. The van der Waals surface area contributed by atoms with Crippen LogP contribution in [-0.2, 0) is 57.8 Å². The van der Waals surface area contributed by atoms with Gasteiger partial charge in [0.25, 0.3) is 0 Å². The predicted octanol–water partition coefficient (Wildman–Crippen LogP) is 13.4. The highest BCUT2D eigenvalue weighted by Gasteiger charge is 2.79. The number of carbonyl (C=O) groups is 5. The molecule has 6 rings (SSSR count). The van der Waals surface area contributed by atoms with Crippen LogP contribution in [0.15, 0.2) is 91.1 Å². The van der Waals surface area contributed by atoms with Gasteiger partial charge < -0.3 is 42.6 Å². The van der Waals surface area contributed by atoms with E-state index in [1.165, 1.54) is 6.92 Å². The number of ether oxygens (including phenoxy) is 4. The molecule has 11 atom stereocenters. The number of rotatable bonds is 27. The van der Waals surface area contributed by atoms with Gasteiger partial charge in [0.15, 0.2) is 42.4 Å². The molecule has 0 aromatic heterocycles. The fourth-order valence-corrected chi connectivity index (χ4v) is 20.7. The molecule has 14 nitrogen and oxygen atoms in total. The number of hydrogen-bond donors (Lipinski definition) is 2. The number of nitrogens with one attached hydrogen (secondary N) is 1. The van der Waals surface area contributed by atoms with Crippen molar-refractivity contribution in [2.45, 2.75) is 250 Å². The van der Waals surface area contributed by atoms with Crippen LogP contribution in [-0.4, -0.2) is 114 Å². The standard InChI is InChI=1S/C66H101NO13Si3/c1-19-27-28-32-40-52(69)67-54(47-37-30-29-31-38-47)56(79-81(17,18)62(11,12)13)61(72)75-49-42-66(73)59(76-60(71)48-39-34-33-36-46(48)35-20-2)57-64(16,58(70)55(53(44(49)9)63(66,14)15)80-83(24-6,25-7)26-8)50(78-82(21-3,22-4)23-5)41-51-65(57,43-74-51)77-45(10)68/h19-20,29-31,33-34,36-39,49-51,54-57,59,73H,1-2,21-28,32,35,40-43H2,3-18H3,(H,67,69)/t49-,50-,51+,54-,55+,56+,57-,59-,64+,65-,66+/m0/s1. The van der Waals surface area contributed by atoms with E-state index in [0.29, 0.717) is 53.2 Å². The van der Waals surface area contributed by atoms with Gasteiger partial charge in [-0.2, -0.15) is 0 Å². The molecule has 1 saturated heterocycles. The van der Waals surface area contributed by atoms with E-state index in [-0.39, 0.29) is 43.1 Å². The predicted molar refractivity (Wildman–Crippen MR) is 333 cm³/mol. The maximum absolute atomic E-state index is 17.4. The van der Waals surface area contributed by atoms with Gasteiger partial charge in [-0.1, -0.05) is 137 Å². The molecule has 4 aliphatic rings. The summed E-state index contributed by atoms with van der Waals surface area (Å²) in [6.45, 7) is 39.3. The summed E-state index contributed by atoms with van der Waals surface area (Å²) in [6.07, 6.45) is -1.40. The molecule has 3 aliphatic carbocycles. The molecule has 17 heteroatoms. The lowest BCUT2D eigenvalue weighted by molar-refractivity contribution is -0.344. The number of allylic oxidation sites excluding steroid dienone is 2. The highest BCUT2D eigenvalue weighted by Crippen LogP contribution is 2.66. The second-order valence-electron chi connectivity index (χ2n) is 26.3. The van der Waals surface area contributed by atoms with Crippen LogP contribution in [0.4, 0.5) is 0 Å². The van der Waals surface area contributed by atoms with Gasteiger partial charge in [0.2, 0.25) is 5.91 Å². The zero-order valence-electron chi connectivity index (χ0n) is 53.1. The third kappa shape index (κ3) is 13.0. The molecule has 83 heavy (non-hydrogen) atoms. The van der Waals surface area contributed by atoms with Crippen LogP contribution in [0, 0.1) is 16.7 Å². The number of carbonyl (C=O) groups excluding carboxylic acids is 5. The maximum Gasteiger partial charge on any atom is 0.338 e. The molecule has 1 heterocycles. The maximum atomic E-state index is 17.4. The van der Waals surface area contributed by atoms with Gasteiger partial charge in [-0.3, -0.25) is 14.4 Å². The Kier molecular flexibility index (Phi) is 21.8. The van der Waals surface area contributed by atoms with Crippen molar-refractivity contribution >= 4 is 54.6 Å². The van der Waals surface area contributed by atoms with Gasteiger partial charge in [-0.05, 0) is 122 Å². The van der Waals surface area contributed by atoms with Crippen LogP contribution in [0.3, 0.4) is 0 Å². The minimum atomic E-state index is -2.90. The van der Waals surface area contributed by atoms with Crippen molar-refractivity contribution in [3.63, 3.8) is 0 Å². The smallest absolute Gasteiger partial charge is 0.338 e. The van der Waals surface area contributed by atoms with Crippen LogP contribution < -0.4 is 5.32 Å². The molecule has 0 radical (unpaired) electrons. The zero-order valence-corrected chi connectivity index (χ0v) is 56.1. The summed E-state index contributed by atoms with van der Waals surface area (Å²) < 4.78 is 49.7. The minimum absolute atomic E-state index is 0.163. The third-order valence-corrected chi connectivity index (χ3v) is 34.4. The SMILES string of the molecule is C=CCCCCC(=O)N[C@@H](c1ccccc1)[C@@H](O[Si](C)(C)C(C)(C)C)C(=O)O[C@H]1C[C@@]2(O)[C@@H](OC(=O)c3ccccc3CC=C)[C@@H]3[C@]4(OC(C)=O)CO[C@@H]4C[C@H](O[Si](CC)(CC)CC)[C@@]3(C)C(=O)[C@H](O[Si](CC)(CC)CC)C(=C1C)C2(C)C. The van der Waals surface area contributed by atoms with E-state index < -0.39 is 119 Å². The van der Waals surface area contributed by atoms with Crippen molar-refractivity contribution in [2.75, 3.05) is 6.61 Å². The van der Waals surface area contributed by atoms with Gasteiger partial charge >= 0.3 is 17.9 Å². The number of esters is 3. The van der Waals surface area contributed by atoms with Crippen LogP contribution >= 0.6 is 0 Å². The van der Waals surface area contributed by atoms with Crippen molar-refractivity contribution in [2.24, 2.45) is 16.7 Å². The van der Waals surface area contributed by atoms with E-state index in [0.717, 1.165) is 31.0 Å². The molecule has 2 N–H and O–H groups in total. The molecule has 1 amide bonds. The van der Waals surface area contributed by atoms with Crippen molar-refractivity contribution < 1.29 is 61.3 Å². The summed E-state index contributed by atoms with van der Waals surface area (Å²) in [6, 6.07) is 19.5. The number of ketones is 1. The Morgan fingerprint density at radius 3 is 1.98 bits per heavy atom. The van der Waals surface area contributed by atoms with Crippen molar-refractivity contribution in [3.8, 4) is 0 Å². The number of aliphatic hydroxyl groups is 1. The van der Waals surface area contributed by atoms with E-state index in [2.05, 4.69) is 80.8 Å². The first-order chi connectivity index (χ1) is 39.0. The van der Waals surface area contributed by atoms with Gasteiger partial charge in [0.05, 0.1) is 35.6 Å². The number of amides is 1. The van der Waals surface area contributed by atoms with Gasteiger partial charge in [0, 0.05) is 31.6 Å². The fraction of sp³-hybridized carbons (Fsp3) is 0.652. The van der Waals surface area contributed by atoms with E-state index in [1.54, 1.807) is 18.2 Å². The fourth-order valence-electron chi connectivity index (χ4n) is 13.8. The second-order valence-corrected chi connectivity index (χ2v) is 40.5. The molecular formula is C66H101NO13Si3. The Morgan fingerprint density at radius 1 is 0.843 bits per heavy atom. The van der Waals surface area contributed by atoms with Crippen LogP contribution in [0.2, 0.25) is 54.4 Å². The van der Waals surface area contributed by atoms with E-state index >= 15 is 14.4 Å². The number of unbranched alkanes of at least 4 members (excludes halogenated alkanes) is 2. The second kappa shape index (κ2) is 26.7. The lowest BCUT2D eigenvalue weighted by atomic mass is 9.44. The van der Waals surface area contributed by atoms with E-state index in [9.17, 15) is 14.7 Å². The quantitative estimate of drug-likeness (QED) is 0.0284. The summed E-state index contributed by atoms with van der Waals surface area (Å²) in [5.74, 6) is -4.15. The number of hydrogen-bond acceptors (Lipinski definition) is 13. The Bertz CT molecular complexity index is 2680. The Balaban J connectivity index is 1.71. The molecule has 2 bridgehead atoms. The molecule has 1 aliphatic heterocycles. The lowest BCUT2D eigenvalue weighted by Gasteiger charge is -2.68. The normalized spacial score (nSPS) is 27.7. The Hall–Kier alpha value is -4.34. The van der Waals surface area contributed by atoms with Gasteiger partial charge in [-0.25, -0.2) is 9.59 Å². The summed E-state index contributed by atoms with van der Waals surface area (Å²) >= 11 is 0. The largest absolute Gasteiger partial charge is 0.456 e. The lowest BCUT2D eigenvalue weighted by Crippen LogP contribution is -2.82. The first-order valence-corrected chi connectivity index (χ1v) is 38.8. The summed E-state index contributed by atoms with van der Waals surface area (Å²) in [4.78, 5) is 76.9. The third-order valence-electron chi connectivity index (χ3n) is 20.6. The average molecular weight is 1200 g/mol. The van der Waals surface area contributed by atoms with Crippen LogP contribution in [0.25, 0.3) is 0 Å². The zero-order chi connectivity index (χ0) is 61.7. The molecule has 3 fully saturated rings. The Morgan fingerprint density at radius 2 is 1.43 bits per heavy atom. The average Bonchev–Trinajstić information content (AvgIpc) is 0.711. The Labute approximate surface area is 500 Å². The van der Waals surface area contributed by atoms with Crippen LogP contribution in [0.1, 0.15) is 163 Å². The van der Waals surface area contributed by atoms with Crippen molar-refractivity contribution in [3.05, 3.63) is 108 Å². The van der Waals surface area contributed by atoms with E-state index in [4.69, 9.17) is 32.2 Å². The number of fused-ring (bicyclic) bond motifs is 5. The number of Topliss-reactive ketones (excluding diaryl/α,β-unsaturated/α-hetero) is 1. The molecule has 2 saturated carbocycles. The first-order valence-electron chi connectivity index (χ1n) is 30.8. The minimum Gasteiger partial charge on any atom is -0.456 e. The molecule has 460 valence electrons. The molecule has 0 spiro atoms. The van der Waals surface area contributed by atoms with Crippen LogP contribution in [0.5, 0.6) is 0 Å². The summed E-state index contributed by atoms with van der Waals surface area (Å²) in [5, 5.41) is 17.7. The monoisotopic (exact) mass is 1200 g/mol. The van der Waals surface area contributed by atoms with Gasteiger partial charge in [-0.15, -0.1) is 13.2 Å². The highest BCUT2D eigenvalue weighted by molar-refractivity contribution is 6.74. The summed E-state index contributed by atoms with van der Waals surface area (Å²) in [7, 11) is -8.38.